The van der Waals surface area contributed by atoms with Crippen LogP contribution in [0, 0.1) is 6.92 Å². The number of piperazine rings is 1. The summed E-state index contributed by atoms with van der Waals surface area (Å²) in [5.41, 5.74) is 8.66. The smallest absolute Gasteiger partial charge is 0.0541 e. The molecule has 2 heteroatoms. The average Bonchev–Trinajstić information content (AvgIpc) is 2.92. The fourth-order valence-electron chi connectivity index (χ4n) is 5.04. The second kappa shape index (κ2) is 8.14. The van der Waals surface area contributed by atoms with Crippen molar-refractivity contribution in [1.82, 2.24) is 9.80 Å². The van der Waals surface area contributed by atoms with Crippen molar-refractivity contribution in [3.05, 3.63) is 101 Å². The average molecular weight is 383 g/mol. The van der Waals surface area contributed by atoms with E-state index < -0.39 is 0 Å². The van der Waals surface area contributed by atoms with Crippen LogP contribution in [0.1, 0.15) is 41.1 Å². The minimum atomic E-state index is 0.381. The maximum atomic E-state index is 2.67. The molecule has 0 radical (unpaired) electrons. The highest BCUT2D eigenvalue weighted by Gasteiger charge is 2.27. The van der Waals surface area contributed by atoms with Crippen molar-refractivity contribution in [2.45, 2.75) is 32.4 Å². The molecular formula is C27H30N2. The first-order valence-corrected chi connectivity index (χ1v) is 11.0. The number of benzene rings is 2. The van der Waals surface area contributed by atoms with E-state index in [4.69, 9.17) is 0 Å². The standard InChI is InChI=1S/C27H30N2/c1-21-7-6-8-22(19-21)20-28-15-17-29(18-16-28)27-14-13-23-9-2-3-10-24(23)25-11-4-5-12-26(25)27/h2,4-9,11-14,19,27H,3,10,15-18,20H2,1H3. The Morgan fingerprint density at radius 3 is 2.66 bits per heavy atom. The Morgan fingerprint density at radius 2 is 1.79 bits per heavy atom. The first-order chi connectivity index (χ1) is 14.3. The van der Waals surface area contributed by atoms with Gasteiger partial charge < -0.3 is 0 Å². The molecule has 1 saturated heterocycles. The predicted octanol–water partition coefficient (Wildman–Crippen LogP) is 5.53. The van der Waals surface area contributed by atoms with E-state index in [1.165, 1.54) is 33.4 Å². The van der Waals surface area contributed by atoms with Crippen LogP contribution >= 0.6 is 0 Å². The molecule has 5 rings (SSSR count). The van der Waals surface area contributed by atoms with Gasteiger partial charge in [-0.2, -0.15) is 0 Å². The molecule has 0 bridgehead atoms. The van der Waals surface area contributed by atoms with Crippen LogP contribution in [0.25, 0.3) is 5.57 Å². The van der Waals surface area contributed by atoms with Gasteiger partial charge in [-0.25, -0.2) is 0 Å². The molecule has 0 spiro atoms. The summed E-state index contributed by atoms with van der Waals surface area (Å²) in [7, 11) is 0. The first kappa shape index (κ1) is 18.6. The molecule has 1 fully saturated rings. The molecule has 29 heavy (non-hydrogen) atoms. The lowest BCUT2D eigenvalue weighted by molar-refractivity contribution is 0.107. The van der Waals surface area contributed by atoms with Crippen LogP contribution in [0.4, 0.5) is 0 Å². The second-order valence-corrected chi connectivity index (χ2v) is 8.57. The van der Waals surface area contributed by atoms with Crippen molar-refractivity contribution >= 4 is 5.57 Å². The molecule has 0 saturated carbocycles. The summed E-state index contributed by atoms with van der Waals surface area (Å²) in [4.78, 5) is 5.27. The topological polar surface area (TPSA) is 6.48 Å². The van der Waals surface area contributed by atoms with Crippen molar-refractivity contribution in [3.63, 3.8) is 0 Å². The Labute approximate surface area is 174 Å². The van der Waals surface area contributed by atoms with Crippen molar-refractivity contribution in [2.75, 3.05) is 26.2 Å². The van der Waals surface area contributed by atoms with Gasteiger partial charge in [-0.1, -0.05) is 78.4 Å². The molecule has 2 aromatic carbocycles. The van der Waals surface area contributed by atoms with E-state index >= 15 is 0 Å². The molecule has 1 atom stereocenters. The number of rotatable bonds is 3. The summed E-state index contributed by atoms with van der Waals surface area (Å²) in [5, 5.41) is 0. The third-order valence-electron chi connectivity index (χ3n) is 6.56. The van der Waals surface area contributed by atoms with E-state index in [-0.39, 0.29) is 0 Å². The molecule has 2 aliphatic carbocycles. The molecule has 3 aliphatic rings. The van der Waals surface area contributed by atoms with E-state index in [1.54, 1.807) is 0 Å². The third kappa shape index (κ3) is 3.88. The molecule has 0 N–H and O–H groups in total. The van der Waals surface area contributed by atoms with Crippen LogP contribution in [0.15, 0.2) is 78.4 Å². The normalized spacial score (nSPS) is 22.3. The van der Waals surface area contributed by atoms with Crippen LogP contribution in [0.3, 0.4) is 0 Å². The number of nitrogens with zero attached hydrogens (tertiary/aromatic N) is 2. The van der Waals surface area contributed by atoms with Gasteiger partial charge >= 0.3 is 0 Å². The Morgan fingerprint density at radius 1 is 0.931 bits per heavy atom. The lowest BCUT2D eigenvalue weighted by atomic mass is 9.89. The molecular weight excluding hydrogens is 352 g/mol. The van der Waals surface area contributed by atoms with E-state index in [0.29, 0.717) is 6.04 Å². The molecule has 1 aliphatic heterocycles. The zero-order valence-corrected chi connectivity index (χ0v) is 17.3. The molecule has 1 unspecified atom stereocenters. The van der Waals surface area contributed by atoms with Crippen LogP contribution in [-0.4, -0.2) is 36.0 Å². The SMILES string of the molecule is Cc1cccc(CN2CCN(C3C=CC4=C(CCC=C4)c4ccccc43)CC2)c1. The molecule has 2 nitrogen and oxygen atoms in total. The monoisotopic (exact) mass is 382 g/mol. The van der Waals surface area contributed by atoms with Crippen molar-refractivity contribution in [3.8, 4) is 0 Å². The van der Waals surface area contributed by atoms with Crippen LogP contribution in [-0.2, 0) is 6.54 Å². The molecule has 1 heterocycles. The summed E-state index contributed by atoms with van der Waals surface area (Å²) in [5.74, 6) is 0. The highest BCUT2D eigenvalue weighted by Crippen LogP contribution is 2.39. The number of allylic oxidation sites excluding steroid dienone is 5. The Bertz CT molecular complexity index is 974. The number of hydrogen-bond donors (Lipinski definition) is 0. The van der Waals surface area contributed by atoms with Gasteiger partial charge in [-0.05, 0) is 47.6 Å². The maximum Gasteiger partial charge on any atom is 0.0541 e. The minimum Gasteiger partial charge on any atom is -0.297 e. The Kier molecular flexibility index (Phi) is 5.22. The summed E-state index contributed by atoms with van der Waals surface area (Å²) in [6.45, 7) is 7.75. The lowest BCUT2D eigenvalue weighted by Gasteiger charge is -2.39. The summed E-state index contributed by atoms with van der Waals surface area (Å²) < 4.78 is 0. The number of aryl methyl sites for hydroxylation is 1. The number of hydrogen-bond acceptors (Lipinski definition) is 2. The van der Waals surface area contributed by atoms with Crippen LogP contribution in [0.2, 0.25) is 0 Å². The van der Waals surface area contributed by atoms with E-state index in [1.807, 2.05) is 0 Å². The largest absolute Gasteiger partial charge is 0.297 e. The van der Waals surface area contributed by atoms with Gasteiger partial charge in [0.15, 0.2) is 0 Å². The fourth-order valence-corrected chi connectivity index (χ4v) is 5.04. The van der Waals surface area contributed by atoms with Gasteiger partial charge in [0.1, 0.15) is 0 Å². The van der Waals surface area contributed by atoms with E-state index in [9.17, 15) is 0 Å². The number of fused-ring (bicyclic) bond motifs is 2. The van der Waals surface area contributed by atoms with E-state index in [0.717, 1.165) is 45.6 Å². The van der Waals surface area contributed by atoms with Gasteiger partial charge in [0.2, 0.25) is 0 Å². The summed E-state index contributed by atoms with van der Waals surface area (Å²) in [6.07, 6.45) is 11.7. The van der Waals surface area contributed by atoms with Gasteiger partial charge in [0.05, 0.1) is 6.04 Å². The molecule has 0 aromatic heterocycles. The van der Waals surface area contributed by atoms with E-state index in [2.05, 4.69) is 89.6 Å². The van der Waals surface area contributed by atoms with Crippen molar-refractivity contribution < 1.29 is 0 Å². The fraction of sp³-hybridized carbons (Fsp3) is 0.333. The lowest BCUT2D eigenvalue weighted by Crippen LogP contribution is -2.46. The molecule has 148 valence electrons. The zero-order chi connectivity index (χ0) is 19.6. The highest BCUT2D eigenvalue weighted by atomic mass is 15.3. The Hall–Kier alpha value is -2.42. The third-order valence-corrected chi connectivity index (χ3v) is 6.56. The highest BCUT2D eigenvalue weighted by molar-refractivity contribution is 5.78. The molecule has 0 amide bonds. The predicted molar refractivity (Wildman–Crippen MR) is 122 cm³/mol. The van der Waals surface area contributed by atoms with Crippen molar-refractivity contribution in [2.24, 2.45) is 0 Å². The van der Waals surface area contributed by atoms with Gasteiger partial charge in [-0.3, -0.25) is 9.80 Å². The summed E-state index contributed by atoms with van der Waals surface area (Å²) in [6, 6.07) is 18.4. The Balaban J connectivity index is 1.33. The maximum absolute atomic E-state index is 2.67. The van der Waals surface area contributed by atoms with Gasteiger partial charge in [0, 0.05) is 32.7 Å². The van der Waals surface area contributed by atoms with Gasteiger partial charge in [-0.15, -0.1) is 0 Å². The second-order valence-electron chi connectivity index (χ2n) is 8.57. The van der Waals surface area contributed by atoms with Crippen molar-refractivity contribution in [1.29, 1.82) is 0 Å². The quantitative estimate of drug-likeness (QED) is 0.689. The van der Waals surface area contributed by atoms with Gasteiger partial charge in [0.25, 0.3) is 0 Å². The minimum absolute atomic E-state index is 0.381. The van der Waals surface area contributed by atoms with Crippen LogP contribution < -0.4 is 0 Å². The zero-order valence-electron chi connectivity index (χ0n) is 17.3. The molecule has 2 aromatic rings. The summed E-state index contributed by atoms with van der Waals surface area (Å²) >= 11 is 0. The first-order valence-electron chi connectivity index (χ1n) is 11.0. The van der Waals surface area contributed by atoms with Crippen LogP contribution in [0.5, 0.6) is 0 Å².